The number of aliphatic hydroxyl groups is 1. The summed E-state index contributed by atoms with van der Waals surface area (Å²) in [5, 5.41) is 11.9. The normalized spacial score (nSPS) is 11.8. The molecule has 0 fully saturated rings. The molecule has 0 heterocycles. The fraction of sp³-hybridized carbons (Fsp3) is 0.500. The van der Waals surface area contributed by atoms with Gasteiger partial charge >= 0.3 is 0 Å². The first-order chi connectivity index (χ1) is 8.43. The molecule has 0 aliphatic rings. The molecular formula is C12H20N2O3S. The van der Waals surface area contributed by atoms with Crippen molar-refractivity contribution in [2.75, 3.05) is 17.0 Å². The molecule has 5 nitrogen and oxygen atoms in total. The van der Waals surface area contributed by atoms with E-state index in [1.165, 1.54) is 0 Å². The number of nitrogens with one attached hydrogen (secondary N) is 2. The van der Waals surface area contributed by atoms with Gasteiger partial charge in [-0.3, -0.25) is 4.72 Å². The largest absolute Gasteiger partial charge is 0.392 e. The Bertz CT molecular complexity index is 455. The van der Waals surface area contributed by atoms with Gasteiger partial charge in [0.1, 0.15) is 0 Å². The third-order valence-electron chi connectivity index (χ3n) is 2.33. The van der Waals surface area contributed by atoms with Crippen molar-refractivity contribution >= 4 is 15.7 Å². The molecule has 6 heteroatoms. The number of anilines is 1. The van der Waals surface area contributed by atoms with Gasteiger partial charge in [0.05, 0.1) is 12.4 Å². The highest BCUT2D eigenvalue weighted by molar-refractivity contribution is 7.92. The van der Waals surface area contributed by atoms with E-state index in [0.717, 1.165) is 5.56 Å². The number of benzene rings is 1. The molecule has 0 spiro atoms. The zero-order valence-electron chi connectivity index (χ0n) is 10.7. The van der Waals surface area contributed by atoms with Crippen molar-refractivity contribution in [1.29, 1.82) is 0 Å². The number of rotatable bonds is 7. The Labute approximate surface area is 108 Å². The van der Waals surface area contributed by atoms with E-state index in [1.807, 2.05) is 13.8 Å². The van der Waals surface area contributed by atoms with Gasteiger partial charge in [-0.15, -0.1) is 0 Å². The molecule has 3 N–H and O–H groups in total. The minimum absolute atomic E-state index is 0.0347. The molecule has 1 aromatic rings. The molecule has 0 aliphatic carbocycles. The van der Waals surface area contributed by atoms with Crippen molar-refractivity contribution < 1.29 is 13.5 Å². The van der Waals surface area contributed by atoms with Gasteiger partial charge in [-0.2, -0.15) is 0 Å². The van der Waals surface area contributed by atoms with E-state index in [0.29, 0.717) is 12.2 Å². The van der Waals surface area contributed by atoms with Gasteiger partial charge in [0, 0.05) is 18.3 Å². The van der Waals surface area contributed by atoms with E-state index < -0.39 is 10.0 Å². The number of hydrogen-bond donors (Lipinski definition) is 3. The molecule has 1 aromatic carbocycles. The van der Waals surface area contributed by atoms with Crippen molar-refractivity contribution in [2.24, 2.45) is 0 Å². The highest BCUT2D eigenvalue weighted by Gasteiger charge is 2.10. The molecule has 0 atom stereocenters. The zero-order valence-corrected chi connectivity index (χ0v) is 11.5. The van der Waals surface area contributed by atoms with E-state index in [1.54, 1.807) is 24.3 Å². The number of hydrogen-bond acceptors (Lipinski definition) is 4. The maximum atomic E-state index is 11.7. The van der Waals surface area contributed by atoms with Crippen LogP contribution in [0.1, 0.15) is 19.4 Å². The van der Waals surface area contributed by atoms with Crippen molar-refractivity contribution in [1.82, 2.24) is 5.32 Å². The van der Waals surface area contributed by atoms with Gasteiger partial charge < -0.3 is 10.4 Å². The smallest absolute Gasteiger partial charge is 0.233 e. The SMILES string of the molecule is CC(C)NCCS(=O)(=O)Nc1ccc(CO)cc1. The topological polar surface area (TPSA) is 78.4 Å². The molecule has 102 valence electrons. The monoisotopic (exact) mass is 272 g/mol. The summed E-state index contributed by atoms with van der Waals surface area (Å²) in [6.45, 7) is 4.30. The van der Waals surface area contributed by atoms with E-state index in [4.69, 9.17) is 5.11 Å². The van der Waals surface area contributed by atoms with E-state index >= 15 is 0 Å². The van der Waals surface area contributed by atoms with Crippen molar-refractivity contribution in [3.8, 4) is 0 Å². The lowest BCUT2D eigenvalue weighted by Crippen LogP contribution is -2.30. The molecule has 0 saturated carbocycles. The molecule has 18 heavy (non-hydrogen) atoms. The quantitative estimate of drug-likeness (QED) is 0.689. The summed E-state index contributed by atoms with van der Waals surface area (Å²) in [4.78, 5) is 0. The fourth-order valence-corrected chi connectivity index (χ4v) is 2.37. The van der Waals surface area contributed by atoms with Gasteiger partial charge in [0.2, 0.25) is 10.0 Å². The summed E-state index contributed by atoms with van der Waals surface area (Å²) < 4.78 is 26.0. The van der Waals surface area contributed by atoms with E-state index in [-0.39, 0.29) is 18.4 Å². The lowest BCUT2D eigenvalue weighted by Gasteiger charge is -2.10. The van der Waals surface area contributed by atoms with Crippen LogP contribution in [0, 0.1) is 0 Å². The van der Waals surface area contributed by atoms with Gasteiger partial charge in [0.25, 0.3) is 0 Å². The minimum Gasteiger partial charge on any atom is -0.392 e. The fourth-order valence-electron chi connectivity index (χ4n) is 1.39. The highest BCUT2D eigenvalue weighted by atomic mass is 32.2. The first-order valence-electron chi connectivity index (χ1n) is 5.86. The van der Waals surface area contributed by atoms with Crippen LogP contribution in [-0.4, -0.2) is 31.9 Å². The summed E-state index contributed by atoms with van der Waals surface area (Å²) in [7, 11) is -3.32. The molecule has 0 bridgehead atoms. The Kier molecular flexibility index (Phi) is 5.58. The van der Waals surface area contributed by atoms with Gasteiger partial charge in [0.15, 0.2) is 0 Å². The molecule has 0 saturated heterocycles. The maximum Gasteiger partial charge on any atom is 0.233 e. The lowest BCUT2D eigenvalue weighted by molar-refractivity contribution is 0.282. The van der Waals surface area contributed by atoms with Crippen LogP contribution >= 0.6 is 0 Å². The van der Waals surface area contributed by atoms with Gasteiger partial charge in [-0.1, -0.05) is 26.0 Å². The second-order valence-electron chi connectivity index (χ2n) is 4.38. The van der Waals surface area contributed by atoms with Crippen LogP contribution in [0.3, 0.4) is 0 Å². The number of aliphatic hydroxyl groups excluding tert-OH is 1. The van der Waals surface area contributed by atoms with E-state index in [9.17, 15) is 8.42 Å². The van der Waals surface area contributed by atoms with Crippen LogP contribution in [0.5, 0.6) is 0 Å². The Morgan fingerprint density at radius 3 is 2.33 bits per heavy atom. The molecule has 0 amide bonds. The van der Waals surface area contributed by atoms with Crippen molar-refractivity contribution in [2.45, 2.75) is 26.5 Å². The van der Waals surface area contributed by atoms with Crippen LogP contribution in [0.15, 0.2) is 24.3 Å². The average Bonchev–Trinajstić information content (AvgIpc) is 2.28. The molecule has 0 aromatic heterocycles. The lowest BCUT2D eigenvalue weighted by atomic mass is 10.2. The highest BCUT2D eigenvalue weighted by Crippen LogP contribution is 2.11. The third-order valence-corrected chi connectivity index (χ3v) is 3.62. The van der Waals surface area contributed by atoms with Gasteiger partial charge in [-0.05, 0) is 17.7 Å². The summed E-state index contributed by atoms with van der Waals surface area (Å²) in [6.07, 6.45) is 0. The van der Waals surface area contributed by atoms with E-state index in [2.05, 4.69) is 10.0 Å². The Morgan fingerprint density at radius 1 is 1.22 bits per heavy atom. The first kappa shape index (κ1) is 14.9. The van der Waals surface area contributed by atoms with Crippen LogP contribution in [0.4, 0.5) is 5.69 Å². The van der Waals surface area contributed by atoms with Gasteiger partial charge in [-0.25, -0.2) is 8.42 Å². The van der Waals surface area contributed by atoms with Crippen molar-refractivity contribution in [3.05, 3.63) is 29.8 Å². The summed E-state index contributed by atoms with van der Waals surface area (Å²) >= 11 is 0. The molecule has 0 unspecified atom stereocenters. The Hall–Kier alpha value is -1.11. The third kappa shape index (κ3) is 5.48. The standard InChI is InChI=1S/C12H20N2O3S/c1-10(2)13-7-8-18(16,17)14-12-5-3-11(9-15)4-6-12/h3-6,10,13-15H,7-9H2,1-2H3. The molecular weight excluding hydrogens is 252 g/mol. The summed E-state index contributed by atoms with van der Waals surface area (Å²) in [5.41, 5.74) is 1.26. The van der Waals surface area contributed by atoms with Crippen LogP contribution in [0.2, 0.25) is 0 Å². The van der Waals surface area contributed by atoms with Crippen LogP contribution in [0.25, 0.3) is 0 Å². The maximum absolute atomic E-state index is 11.7. The number of sulfonamides is 1. The predicted octanol–water partition coefficient (Wildman–Crippen LogP) is 0.919. The second-order valence-corrected chi connectivity index (χ2v) is 6.23. The molecule has 1 rings (SSSR count). The average molecular weight is 272 g/mol. The first-order valence-corrected chi connectivity index (χ1v) is 7.52. The van der Waals surface area contributed by atoms with Crippen LogP contribution < -0.4 is 10.0 Å². The Balaban J connectivity index is 2.53. The summed E-state index contributed by atoms with van der Waals surface area (Å²) in [5.74, 6) is 0.0347. The van der Waals surface area contributed by atoms with Crippen LogP contribution in [-0.2, 0) is 16.6 Å². The van der Waals surface area contributed by atoms with Crippen molar-refractivity contribution in [3.63, 3.8) is 0 Å². The molecule has 0 aliphatic heterocycles. The Morgan fingerprint density at radius 2 is 1.83 bits per heavy atom. The molecule has 0 radical (unpaired) electrons. The minimum atomic E-state index is -3.32. The summed E-state index contributed by atoms with van der Waals surface area (Å²) in [6, 6.07) is 6.91. The predicted molar refractivity (Wildman–Crippen MR) is 72.9 cm³/mol. The zero-order chi connectivity index (χ0) is 13.6. The second kappa shape index (κ2) is 6.72.